The molecule has 1 N–H and O–H groups in total. The molecule has 0 aliphatic rings. The van der Waals surface area contributed by atoms with Crippen LogP contribution >= 0.6 is 0 Å². The summed E-state index contributed by atoms with van der Waals surface area (Å²) in [7, 11) is 0. The monoisotopic (exact) mass is 416 g/mol. The van der Waals surface area contributed by atoms with Gasteiger partial charge in [0.25, 0.3) is 0 Å². The number of nitrogens with zero attached hydrogens (tertiary/aromatic N) is 1. The Bertz CT molecular complexity index is 1250. The maximum absolute atomic E-state index is 12.5. The number of anilines is 1. The first-order chi connectivity index (χ1) is 15.1. The molecular formula is C24H20N2O5. The molecule has 4 aromatic rings. The number of aromatic nitrogens is 1. The van der Waals surface area contributed by atoms with E-state index in [1.54, 1.807) is 19.1 Å². The lowest BCUT2D eigenvalue weighted by atomic mass is 10.1. The normalized spacial score (nSPS) is 10.6. The average Bonchev–Trinajstić information content (AvgIpc) is 2.79. The fraction of sp³-hybridized carbons (Fsp3) is 0.125. The van der Waals surface area contributed by atoms with Crippen LogP contribution in [0.2, 0.25) is 0 Å². The van der Waals surface area contributed by atoms with Gasteiger partial charge in [-0.3, -0.25) is 5.32 Å². The van der Waals surface area contributed by atoms with Crippen molar-refractivity contribution >= 4 is 22.7 Å². The Labute approximate surface area is 178 Å². The molecule has 156 valence electrons. The quantitative estimate of drug-likeness (QED) is 0.484. The highest BCUT2D eigenvalue weighted by Gasteiger charge is 2.15. The lowest BCUT2D eigenvalue weighted by Gasteiger charge is -2.11. The van der Waals surface area contributed by atoms with Crippen LogP contribution in [-0.2, 0) is 18.0 Å². The number of nitrogens with one attached hydrogen (secondary N) is 1. The molecule has 4 rings (SSSR count). The molecule has 7 nitrogen and oxygen atoms in total. The third-order valence-electron chi connectivity index (χ3n) is 4.69. The van der Waals surface area contributed by atoms with E-state index in [-0.39, 0.29) is 24.7 Å². The second-order valence-electron chi connectivity index (χ2n) is 6.86. The summed E-state index contributed by atoms with van der Waals surface area (Å²) in [6.45, 7) is 2.08. The summed E-state index contributed by atoms with van der Waals surface area (Å²) in [5.41, 5.74) is 2.60. The standard InChI is InChI=1S/C24H20N2O5/c1-16-19(25-23(28)29-14-17-8-4-2-5-9-17)12-13-20-21(16)22(27)31-24(26-20)30-15-18-10-6-3-7-11-18/h2-13H,14-15H2,1H3,(H,25,28). The Morgan fingerprint density at radius 2 is 1.58 bits per heavy atom. The first-order valence-corrected chi connectivity index (χ1v) is 9.69. The molecule has 1 aromatic heterocycles. The van der Waals surface area contributed by atoms with Crippen molar-refractivity contribution in [2.45, 2.75) is 20.1 Å². The molecule has 0 unspecified atom stereocenters. The van der Waals surface area contributed by atoms with E-state index in [9.17, 15) is 9.59 Å². The zero-order valence-corrected chi connectivity index (χ0v) is 16.8. The molecule has 0 saturated heterocycles. The number of hydrogen-bond acceptors (Lipinski definition) is 6. The number of carbonyl (C=O) groups is 1. The van der Waals surface area contributed by atoms with Crippen molar-refractivity contribution in [1.82, 2.24) is 4.98 Å². The summed E-state index contributed by atoms with van der Waals surface area (Å²) in [5, 5.41) is 2.93. The van der Waals surface area contributed by atoms with Gasteiger partial charge in [0.15, 0.2) is 0 Å². The predicted molar refractivity (Wildman–Crippen MR) is 116 cm³/mol. The van der Waals surface area contributed by atoms with E-state index in [2.05, 4.69) is 10.3 Å². The first-order valence-electron chi connectivity index (χ1n) is 9.69. The Morgan fingerprint density at radius 3 is 2.26 bits per heavy atom. The maximum Gasteiger partial charge on any atom is 0.411 e. The molecular weight excluding hydrogens is 396 g/mol. The average molecular weight is 416 g/mol. The van der Waals surface area contributed by atoms with Crippen molar-refractivity contribution in [3.8, 4) is 6.08 Å². The SMILES string of the molecule is Cc1c(NC(=O)OCc2ccccc2)ccc2nc(OCc3ccccc3)oc(=O)c12. The van der Waals surface area contributed by atoms with Crippen molar-refractivity contribution in [1.29, 1.82) is 0 Å². The molecule has 0 radical (unpaired) electrons. The van der Waals surface area contributed by atoms with Crippen LogP contribution in [-0.4, -0.2) is 11.1 Å². The summed E-state index contributed by atoms with van der Waals surface area (Å²) >= 11 is 0. The highest BCUT2D eigenvalue weighted by Crippen LogP contribution is 2.24. The van der Waals surface area contributed by atoms with Crippen LogP contribution < -0.4 is 15.7 Å². The van der Waals surface area contributed by atoms with E-state index in [4.69, 9.17) is 13.9 Å². The maximum atomic E-state index is 12.5. The molecule has 0 saturated carbocycles. The Hall–Kier alpha value is -4.13. The molecule has 0 aliphatic carbocycles. The molecule has 0 atom stereocenters. The van der Waals surface area contributed by atoms with Crippen LogP contribution in [0.3, 0.4) is 0 Å². The number of ether oxygens (including phenoxy) is 2. The Morgan fingerprint density at radius 1 is 0.935 bits per heavy atom. The molecule has 7 heteroatoms. The topological polar surface area (TPSA) is 90.7 Å². The second-order valence-corrected chi connectivity index (χ2v) is 6.86. The summed E-state index contributed by atoms with van der Waals surface area (Å²) in [6.07, 6.45) is -0.727. The van der Waals surface area contributed by atoms with Crippen molar-refractivity contribution in [3.05, 3.63) is 99.9 Å². The van der Waals surface area contributed by atoms with Crippen molar-refractivity contribution in [2.24, 2.45) is 0 Å². The Balaban J connectivity index is 1.48. The van der Waals surface area contributed by atoms with Gasteiger partial charge in [0.05, 0.1) is 10.9 Å². The molecule has 0 spiro atoms. The smallest absolute Gasteiger partial charge is 0.411 e. The molecule has 1 heterocycles. The van der Waals surface area contributed by atoms with Gasteiger partial charge in [0.1, 0.15) is 13.2 Å². The van der Waals surface area contributed by atoms with Gasteiger partial charge in [-0.15, -0.1) is 0 Å². The van der Waals surface area contributed by atoms with Crippen LogP contribution in [0.1, 0.15) is 16.7 Å². The van der Waals surface area contributed by atoms with E-state index in [1.165, 1.54) is 0 Å². The van der Waals surface area contributed by atoms with E-state index in [0.717, 1.165) is 11.1 Å². The number of aryl methyl sites for hydroxylation is 1. The number of amides is 1. The minimum Gasteiger partial charge on any atom is -0.445 e. The number of rotatable bonds is 6. The highest BCUT2D eigenvalue weighted by atomic mass is 16.6. The first kappa shape index (κ1) is 20.2. The number of carbonyl (C=O) groups excluding carboxylic acids is 1. The summed E-state index contributed by atoms with van der Waals surface area (Å²) in [4.78, 5) is 29.0. The third kappa shape index (κ3) is 4.90. The zero-order chi connectivity index (χ0) is 21.6. The van der Waals surface area contributed by atoms with Crippen LogP contribution in [0.4, 0.5) is 10.5 Å². The number of hydrogen-bond donors (Lipinski definition) is 1. The zero-order valence-electron chi connectivity index (χ0n) is 16.8. The van der Waals surface area contributed by atoms with Crippen molar-refractivity contribution in [2.75, 3.05) is 5.32 Å². The molecule has 0 fully saturated rings. The summed E-state index contributed by atoms with van der Waals surface area (Å²) in [6, 6.07) is 22.1. The number of fused-ring (bicyclic) bond motifs is 1. The summed E-state index contributed by atoms with van der Waals surface area (Å²) < 4.78 is 16.0. The van der Waals surface area contributed by atoms with E-state index in [0.29, 0.717) is 16.8 Å². The number of benzene rings is 3. The minimum absolute atomic E-state index is 0.108. The predicted octanol–water partition coefficient (Wildman–Crippen LogP) is 4.82. The van der Waals surface area contributed by atoms with Crippen LogP contribution in [0, 0.1) is 6.92 Å². The van der Waals surface area contributed by atoms with Gasteiger partial charge < -0.3 is 13.9 Å². The molecule has 0 bridgehead atoms. The van der Waals surface area contributed by atoms with Gasteiger partial charge in [-0.25, -0.2) is 9.59 Å². The van der Waals surface area contributed by atoms with E-state index >= 15 is 0 Å². The van der Waals surface area contributed by atoms with Crippen LogP contribution in [0.5, 0.6) is 6.08 Å². The molecule has 31 heavy (non-hydrogen) atoms. The largest absolute Gasteiger partial charge is 0.445 e. The third-order valence-corrected chi connectivity index (χ3v) is 4.69. The Kier molecular flexibility index (Phi) is 5.93. The van der Waals surface area contributed by atoms with Crippen molar-refractivity contribution < 1.29 is 18.7 Å². The fourth-order valence-corrected chi connectivity index (χ4v) is 3.09. The fourth-order valence-electron chi connectivity index (χ4n) is 3.09. The van der Waals surface area contributed by atoms with Gasteiger partial charge >= 0.3 is 17.8 Å². The molecule has 0 aliphatic heterocycles. The molecule has 3 aromatic carbocycles. The van der Waals surface area contributed by atoms with Gasteiger partial charge in [-0.05, 0) is 35.7 Å². The van der Waals surface area contributed by atoms with Crippen LogP contribution in [0.15, 0.2) is 82.0 Å². The van der Waals surface area contributed by atoms with E-state index < -0.39 is 11.7 Å². The summed E-state index contributed by atoms with van der Waals surface area (Å²) in [5.74, 6) is 0. The lowest BCUT2D eigenvalue weighted by molar-refractivity contribution is 0.155. The molecule has 1 amide bonds. The van der Waals surface area contributed by atoms with Gasteiger partial charge in [0.2, 0.25) is 0 Å². The van der Waals surface area contributed by atoms with Gasteiger partial charge in [0, 0.05) is 5.69 Å². The van der Waals surface area contributed by atoms with Crippen molar-refractivity contribution in [3.63, 3.8) is 0 Å². The highest BCUT2D eigenvalue weighted by molar-refractivity contribution is 5.92. The minimum atomic E-state index is -0.619. The van der Waals surface area contributed by atoms with Gasteiger partial charge in [-0.2, -0.15) is 4.98 Å². The lowest BCUT2D eigenvalue weighted by Crippen LogP contribution is -2.15. The van der Waals surface area contributed by atoms with Crippen LogP contribution in [0.25, 0.3) is 10.9 Å². The van der Waals surface area contributed by atoms with E-state index in [1.807, 2.05) is 60.7 Å². The van der Waals surface area contributed by atoms with Gasteiger partial charge in [-0.1, -0.05) is 60.7 Å². The second kappa shape index (κ2) is 9.13.